The Kier molecular flexibility index (Phi) is 2.43. The average Bonchev–Trinajstić information content (AvgIpc) is 3.04. The Hall–Kier alpha value is -2.47. The molecule has 0 saturated carbocycles. The zero-order chi connectivity index (χ0) is 13.5. The van der Waals surface area contributed by atoms with Crippen molar-refractivity contribution in [3.63, 3.8) is 0 Å². The number of nitrogens with zero attached hydrogens (tertiary/aromatic N) is 3. The number of amides is 1. The zero-order valence-corrected chi connectivity index (χ0v) is 11.2. The predicted octanol–water partition coefficient (Wildman–Crippen LogP) is 2.63. The summed E-state index contributed by atoms with van der Waals surface area (Å²) in [6.45, 7) is 0.199. The fourth-order valence-electron chi connectivity index (χ4n) is 2.38. The molecule has 1 aromatic carbocycles. The number of carbonyl (C=O) groups excluding carboxylic acids is 1. The minimum Gasteiger partial charge on any atom is -0.315 e. The van der Waals surface area contributed by atoms with Crippen molar-refractivity contribution in [2.24, 2.45) is 0 Å². The van der Waals surface area contributed by atoms with Gasteiger partial charge < -0.3 is 5.32 Å². The lowest BCUT2D eigenvalue weighted by molar-refractivity contribution is -0.116. The van der Waals surface area contributed by atoms with Gasteiger partial charge in [-0.3, -0.25) is 4.79 Å². The van der Waals surface area contributed by atoms with E-state index in [-0.39, 0.29) is 12.5 Å². The molecule has 5 nitrogen and oxygen atoms in total. The van der Waals surface area contributed by atoms with Crippen LogP contribution in [0.4, 0.5) is 5.00 Å². The van der Waals surface area contributed by atoms with Gasteiger partial charge in [-0.25, -0.2) is 9.67 Å². The molecule has 1 aliphatic rings. The van der Waals surface area contributed by atoms with Crippen LogP contribution in [0.2, 0.25) is 0 Å². The second kappa shape index (κ2) is 4.28. The second-order valence-corrected chi connectivity index (χ2v) is 5.39. The van der Waals surface area contributed by atoms with Gasteiger partial charge in [0, 0.05) is 10.9 Å². The van der Waals surface area contributed by atoms with E-state index in [0.717, 1.165) is 27.5 Å². The molecule has 0 saturated heterocycles. The molecule has 2 aromatic heterocycles. The normalized spacial score (nSPS) is 13.3. The molecule has 20 heavy (non-hydrogen) atoms. The summed E-state index contributed by atoms with van der Waals surface area (Å²) >= 11 is 1.52. The Bertz CT molecular complexity index is 791. The van der Waals surface area contributed by atoms with Gasteiger partial charge in [-0.1, -0.05) is 30.3 Å². The Morgan fingerprint density at radius 1 is 1.25 bits per heavy atom. The van der Waals surface area contributed by atoms with Gasteiger partial charge >= 0.3 is 0 Å². The lowest BCUT2D eigenvalue weighted by Crippen LogP contribution is -2.16. The van der Waals surface area contributed by atoms with Crippen LogP contribution in [0.5, 0.6) is 0 Å². The highest BCUT2D eigenvalue weighted by molar-refractivity contribution is 7.15. The quantitative estimate of drug-likeness (QED) is 0.746. The van der Waals surface area contributed by atoms with Crippen molar-refractivity contribution >= 4 is 22.2 Å². The summed E-state index contributed by atoms with van der Waals surface area (Å²) in [5.74, 6) is 0.662. The number of nitrogens with one attached hydrogen (secondary N) is 1. The third-order valence-electron chi connectivity index (χ3n) is 3.26. The minimum absolute atomic E-state index is 0.0723. The summed E-state index contributed by atoms with van der Waals surface area (Å²) in [7, 11) is 0. The highest BCUT2D eigenvalue weighted by atomic mass is 32.1. The molecule has 0 fully saturated rings. The number of fused-ring (bicyclic) bond motifs is 3. The topological polar surface area (TPSA) is 59.8 Å². The van der Waals surface area contributed by atoms with Gasteiger partial charge in [-0.05, 0) is 5.56 Å². The fourth-order valence-corrected chi connectivity index (χ4v) is 3.36. The third-order valence-corrected chi connectivity index (χ3v) is 4.16. The minimum atomic E-state index is -0.0723. The maximum absolute atomic E-state index is 11.9. The van der Waals surface area contributed by atoms with E-state index in [1.807, 2.05) is 23.6 Å². The van der Waals surface area contributed by atoms with Gasteiger partial charge in [0.2, 0.25) is 5.91 Å². The molecule has 1 amide bonds. The number of benzene rings is 1. The van der Waals surface area contributed by atoms with Gasteiger partial charge in [0.25, 0.3) is 0 Å². The summed E-state index contributed by atoms with van der Waals surface area (Å²) in [5, 5.41) is 9.93. The van der Waals surface area contributed by atoms with Crippen LogP contribution in [-0.4, -0.2) is 20.7 Å². The highest BCUT2D eigenvalue weighted by Gasteiger charge is 2.25. The molecular weight excluding hydrogens is 272 g/mol. The first-order valence-electron chi connectivity index (χ1n) is 6.18. The molecule has 0 atom stereocenters. The Balaban J connectivity index is 1.99. The van der Waals surface area contributed by atoms with Gasteiger partial charge in [-0.15, -0.1) is 11.3 Å². The SMILES string of the molecule is O=C1Cn2ncnc2-c2c(-c3ccccc3)csc2N1. The van der Waals surface area contributed by atoms with E-state index in [1.54, 1.807) is 4.68 Å². The van der Waals surface area contributed by atoms with Crippen LogP contribution in [0.1, 0.15) is 0 Å². The molecule has 98 valence electrons. The Labute approximate surface area is 118 Å². The van der Waals surface area contributed by atoms with E-state index < -0.39 is 0 Å². The number of aromatic nitrogens is 3. The standard InChI is InChI=1S/C14H10N4OS/c19-11-6-18-13(15-8-16-18)12-10(7-20-14(12)17-11)9-4-2-1-3-5-9/h1-5,7-8H,6H2,(H,17,19). The first-order chi connectivity index (χ1) is 9.83. The van der Waals surface area contributed by atoms with E-state index in [2.05, 4.69) is 27.5 Å². The smallest absolute Gasteiger partial charge is 0.246 e. The van der Waals surface area contributed by atoms with Crippen LogP contribution in [0, 0.1) is 0 Å². The number of rotatable bonds is 1. The van der Waals surface area contributed by atoms with Crippen molar-refractivity contribution < 1.29 is 4.79 Å². The van der Waals surface area contributed by atoms with Crippen LogP contribution in [0.25, 0.3) is 22.5 Å². The van der Waals surface area contributed by atoms with Gasteiger partial charge in [0.15, 0.2) is 5.82 Å². The maximum Gasteiger partial charge on any atom is 0.246 e. The summed E-state index contributed by atoms with van der Waals surface area (Å²) in [5.41, 5.74) is 3.13. The first kappa shape index (κ1) is 11.4. The average molecular weight is 282 g/mol. The zero-order valence-electron chi connectivity index (χ0n) is 10.4. The number of anilines is 1. The molecular formula is C14H10N4OS. The predicted molar refractivity (Wildman–Crippen MR) is 77.4 cm³/mol. The van der Waals surface area contributed by atoms with Crippen LogP contribution < -0.4 is 5.32 Å². The molecule has 0 bridgehead atoms. The molecule has 0 aliphatic carbocycles. The van der Waals surface area contributed by atoms with E-state index in [4.69, 9.17) is 0 Å². The summed E-state index contributed by atoms with van der Waals surface area (Å²) in [6, 6.07) is 10.1. The number of hydrogen-bond acceptors (Lipinski definition) is 4. The van der Waals surface area contributed by atoms with Crippen LogP contribution >= 0.6 is 11.3 Å². The maximum atomic E-state index is 11.9. The number of hydrogen-bond donors (Lipinski definition) is 1. The Morgan fingerprint density at radius 2 is 2.10 bits per heavy atom. The summed E-state index contributed by atoms with van der Waals surface area (Å²) < 4.78 is 1.64. The highest BCUT2D eigenvalue weighted by Crippen LogP contribution is 2.42. The molecule has 0 spiro atoms. The summed E-state index contributed by atoms with van der Waals surface area (Å²) in [6.07, 6.45) is 1.49. The van der Waals surface area contributed by atoms with Crippen LogP contribution in [-0.2, 0) is 11.3 Å². The van der Waals surface area contributed by atoms with Crippen LogP contribution in [0.3, 0.4) is 0 Å². The molecule has 1 N–H and O–H groups in total. The van der Waals surface area contributed by atoms with E-state index in [1.165, 1.54) is 17.7 Å². The lowest BCUT2D eigenvalue weighted by Gasteiger charge is -2.04. The van der Waals surface area contributed by atoms with Crippen LogP contribution in [0.15, 0.2) is 42.0 Å². The molecule has 3 heterocycles. The monoisotopic (exact) mass is 282 g/mol. The van der Waals surface area contributed by atoms with Crippen molar-refractivity contribution in [2.45, 2.75) is 6.54 Å². The number of carbonyl (C=O) groups is 1. The van der Waals surface area contributed by atoms with E-state index in [0.29, 0.717) is 0 Å². The van der Waals surface area contributed by atoms with Crippen molar-refractivity contribution in [2.75, 3.05) is 5.32 Å². The van der Waals surface area contributed by atoms with Gasteiger partial charge in [0.05, 0.1) is 5.56 Å². The lowest BCUT2D eigenvalue weighted by atomic mass is 10.0. The summed E-state index contributed by atoms with van der Waals surface area (Å²) in [4.78, 5) is 16.2. The fraction of sp³-hybridized carbons (Fsp3) is 0.0714. The largest absolute Gasteiger partial charge is 0.315 e. The Morgan fingerprint density at radius 3 is 2.95 bits per heavy atom. The van der Waals surface area contributed by atoms with E-state index in [9.17, 15) is 4.79 Å². The van der Waals surface area contributed by atoms with Gasteiger partial charge in [-0.2, -0.15) is 5.10 Å². The van der Waals surface area contributed by atoms with Crippen molar-refractivity contribution in [1.82, 2.24) is 14.8 Å². The molecule has 0 unspecified atom stereocenters. The molecule has 3 aromatic rings. The molecule has 0 radical (unpaired) electrons. The second-order valence-electron chi connectivity index (χ2n) is 4.51. The number of thiophene rings is 1. The van der Waals surface area contributed by atoms with Crippen molar-refractivity contribution in [3.05, 3.63) is 42.0 Å². The van der Waals surface area contributed by atoms with Crippen molar-refractivity contribution in [3.8, 4) is 22.5 Å². The van der Waals surface area contributed by atoms with E-state index >= 15 is 0 Å². The first-order valence-corrected chi connectivity index (χ1v) is 7.06. The molecule has 1 aliphatic heterocycles. The van der Waals surface area contributed by atoms with Crippen molar-refractivity contribution in [1.29, 1.82) is 0 Å². The van der Waals surface area contributed by atoms with Gasteiger partial charge in [0.1, 0.15) is 17.9 Å². The molecule has 4 rings (SSSR count). The molecule has 6 heteroatoms. The third kappa shape index (κ3) is 1.65.